The Morgan fingerprint density at radius 1 is 0.342 bits per heavy atom. The number of hydrogen-bond donors (Lipinski definition) is 5. The van der Waals surface area contributed by atoms with Crippen LogP contribution in [0.4, 0.5) is 42.9 Å². The first kappa shape index (κ1) is 76.8. The fourth-order valence-corrected chi connectivity index (χ4v) is 15.0. The van der Waals surface area contributed by atoms with Gasteiger partial charge >= 0.3 is 6.18 Å². The van der Waals surface area contributed by atoms with Gasteiger partial charge in [0.1, 0.15) is 5.75 Å². The van der Waals surface area contributed by atoms with Crippen LogP contribution < -0.4 is 31.3 Å². The molecule has 5 N–H and O–H groups in total. The van der Waals surface area contributed by atoms with E-state index in [2.05, 4.69) is 131 Å². The summed E-state index contributed by atoms with van der Waals surface area (Å²) in [4.78, 5) is 106. The predicted molar refractivity (Wildman–Crippen MR) is 443 cm³/mol. The van der Waals surface area contributed by atoms with Crippen molar-refractivity contribution < 1.29 is 41.9 Å². The predicted octanol–water partition coefficient (Wildman–Crippen LogP) is 17.7. The van der Waals surface area contributed by atoms with Gasteiger partial charge in [0.2, 0.25) is 35.6 Å². The second-order valence-corrected chi connectivity index (χ2v) is 29.3. The topological polar surface area (TPSA) is 284 Å². The number of benzene rings is 8. The molecule has 0 atom stereocenters. The van der Waals surface area contributed by atoms with Crippen molar-refractivity contribution in [3.63, 3.8) is 0 Å². The van der Waals surface area contributed by atoms with Crippen LogP contribution in [0.5, 0.6) is 5.75 Å². The lowest BCUT2D eigenvalue weighted by atomic mass is 9.90. The smallest absolute Gasteiger partial charge is 0.416 e. The Balaban J connectivity index is 0.000000110. The van der Waals surface area contributed by atoms with Gasteiger partial charge < -0.3 is 4.74 Å². The zero-order valence-corrected chi connectivity index (χ0v) is 64.0. The molecule has 1 fully saturated rings. The first-order valence-electron chi connectivity index (χ1n) is 38.3. The van der Waals surface area contributed by atoms with E-state index in [1.807, 2.05) is 121 Å². The second kappa shape index (κ2) is 34.6. The number of ether oxygens (including phenoxy) is 1. The van der Waals surface area contributed by atoms with Crippen LogP contribution in [0.3, 0.4) is 0 Å². The van der Waals surface area contributed by atoms with Crippen molar-refractivity contribution in [2.24, 2.45) is 5.92 Å². The molecule has 1 saturated carbocycles. The Morgan fingerprint density at radius 3 is 1.00 bits per heavy atom. The lowest BCUT2D eigenvalue weighted by Crippen LogP contribution is -2.17. The maximum Gasteiger partial charge on any atom is 0.416 e. The van der Waals surface area contributed by atoms with E-state index in [9.17, 15) is 37.1 Å². The van der Waals surface area contributed by atoms with Crippen LogP contribution in [-0.2, 0) is 75.2 Å². The van der Waals surface area contributed by atoms with Crippen LogP contribution in [0.25, 0.3) is 56.3 Å². The molecule has 20 rings (SSSR count). The van der Waals surface area contributed by atoms with E-state index >= 15 is 0 Å². The Morgan fingerprint density at radius 2 is 0.658 bits per heavy atom. The number of aromatic nitrogens is 10. The highest BCUT2D eigenvalue weighted by Gasteiger charge is 2.33. The summed E-state index contributed by atoms with van der Waals surface area (Å²) in [6.45, 7) is 0. The molecule has 14 aromatic rings. The molecule has 5 amide bonds. The molecular weight excluding hydrogens is 1500 g/mol. The summed E-state index contributed by atoms with van der Waals surface area (Å²) in [7, 11) is 1.59. The highest BCUT2D eigenvalue weighted by atomic mass is 32.1. The van der Waals surface area contributed by atoms with Crippen molar-refractivity contribution in [2.45, 2.75) is 83.2 Å². The number of methoxy groups -OCH3 is 1. The van der Waals surface area contributed by atoms with Crippen molar-refractivity contribution in [1.29, 1.82) is 0 Å². The number of rotatable bonds is 11. The summed E-state index contributed by atoms with van der Waals surface area (Å²) in [6, 6.07) is 64.8. The van der Waals surface area contributed by atoms with E-state index in [1.54, 1.807) is 55.8 Å². The monoisotopic (exact) mass is 1570 g/mol. The zero-order chi connectivity index (χ0) is 80.4. The third-order valence-electron chi connectivity index (χ3n) is 20.7. The Bertz CT molecular complexity index is 6090. The molecule has 580 valence electrons. The average Bonchev–Trinajstić information content (AvgIpc) is 1.00. The van der Waals surface area contributed by atoms with Crippen molar-refractivity contribution in [1.82, 2.24) is 49.8 Å². The van der Waals surface area contributed by atoms with E-state index in [0.29, 0.717) is 45.5 Å². The molecule has 0 spiro atoms. The van der Waals surface area contributed by atoms with Crippen LogP contribution in [-0.4, -0.2) is 86.5 Å². The van der Waals surface area contributed by atoms with E-state index in [-0.39, 0.29) is 41.1 Å². The minimum Gasteiger partial charge on any atom is -0.497 e. The fourth-order valence-electron chi connectivity index (χ4n) is 14.4. The number of nitrogens with one attached hydrogen (secondary N) is 5. The molecule has 0 aliphatic heterocycles. The Kier molecular flexibility index (Phi) is 22.7. The third kappa shape index (κ3) is 18.1. The molecule has 0 radical (unpaired) electrons. The number of fused-ring (bicyclic) bond motifs is 15. The maximum atomic E-state index is 12.8. The van der Waals surface area contributed by atoms with Crippen LogP contribution in [0.1, 0.15) is 115 Å². The summed E-state index contributed by atoms with van der Waals surface area (Å²) in [5.74, 6) is 1.13. The molecule has 21 nitrogen and oxygen atoms in total. The van der Waals surface area contributed by atoms with Crippen LogP contribution in [0.15, 0.2) is 249 Å². The minimum atomic E-state index is -4.51. The lowest BCUT2D eigenvalue weighted by Gasteiger charge is -2.18. The van der Waals surface area contributed by atoms with Crippen molar-refractivity contribution in [3.8, 4) is 62.0 Å². The van der Waals surface area contributed by atoms with Gasteiger partial charge in [-0.15, -0.1) is 11.3 Å². The normalized spacial score (nSPS) is 13.0. The molecule has 8 aromatic carbocycles. The number of hydrogen-bond acceptors (Lipinski definition) is 17. The van der Waals surface area contributed by atoms with Gasteiger partial charge in [-0.3, -0.25) is 50.6 Å². The molecule has 6 aliphatic rings. The summed E-state index contributed by atoms with van der Waals surface area (Å²) < 4.78 is 43.6. The summed E-state index contributed by atoms with van der Waals surface area (Å²) >= 11 is 1.40. The third-order valence-corrected chi connectivity index (χ3v) is 21.5. The number of amides is 5. The van der Waals surface area contributed by atoms with Crippen molar-refractivity contribution in [2.75, 3.05) is 33.7 Å². The summed E-state index contributed by atoms with van der Waals surface area (Å²) in [5, 5.41) is 15.5. The first-order valence-corrected chi connectivity index (χ1v) is 39.1. The van der Waals surface area contributed by atoms with Crippen LogP contribution in [0.2, 0.25) is 0 Å². The van der Waals surface area contributed by atoms with Gasteiger partial charge in [0.25, 0.3) is 23.6 Å². The van der Waals surface area contributed by atoms with E-state index in [4.69, 9.17) is 4.74 Å². The minimum absolute atomic E-state index is 0.0500. The van der Waals surface area contributed by atoms with Gasteiger partial charge in [-0.1, -0.05) is 152 Å². The molecule has 0 bridgehead atoms. The molecule has 0 saturated heterocycles. The second-order valence-electron chi connectivity index (χ2n) is 28.4. The van der Waals surface area contributed by atoms with Crippen LogP contribution >= 0.6 is 11.3 Å². The van der Waals surface area contributed by atoms with E-state index in [1.165, 1.54) is 51.3 Å². The molecule has 0 unspecified atom stereocenters. The first-order chi connectivity index (χ1) is 57.1. The molecular formula is C92H74F3N15O6S. The maximum absolute atomic E-state index is 12.8. The van der Waals surface area contributed by atoms with Gasteiger partial charge in [0.05, 0.1) is 46.0 Å². The van der Waals surface area contributed by atoms with Gasteiger partial charge in [-0.05, 0) is 199 Å². The molecule has 6 aliphatic carbocycles. The summed E-state index contributed by atoms with van der Waals surface area (Å²) in [6.07, 6.45) is 15.9. The standard InChI is InChI=1S/C20H14F3N3O.C20H17N3O2.C19H15N3O.C17H13N3OS.C16H15N3O/c21-20(22,23)15-6-3-5-13(10-15)18(27)26-19-24-11-14-9-8-12-4-1-2-7-16(12)17(14)25-19;1-25-16-10-8-14(9-11-16)19(24)23-20-21-12-15-7-6-13-4-2-3-5-17(13)18(15)22-20;23-18(14-7-2-1-3-8-14)22-19-20-12-15-11-10-13-6-4-5-9-16(13)17(15)21-19;21-16(14-6-3-9-22-14)20-17-18-10-12-8-7-11-4-1-2-5-13(11)15(12)19-17;20-15(11-6-7-11)19-16-17-9-12-8-5-10-3-1-2-4-13(10)14(12)18-16/h1-7,10-11H,8-9H2,(H,24,25,26,27);2-5,8-12H,6-7H2,1H3,(H,21,22,23,24);1-9,12H,10-11H2,(H,20,21,22,23);1-6,9-10H,7-8H2,(H,18,19,20,21);1-4,9,11H,5-8H2,(H,17,18,19,20). The van der Waals surface area contributed by atoms with E-state index in [0.717, 1.165) is 173 Å². The number of anilines is 5. The van der Waals surface area contributed by atoms with Gasteiger partial charge in [0.15, 0.2) is 0 Å². The SMILES string of the molecule is COc1ccc(C(=O)Nc2ncc3c(n2)-c2ccccc2CC3)cc1.O=C(Nc1ncc2c(n1)-c1ccccc1CC2)C1CC1.O=C(Nc1ncc2c(n1)-c1ccccc1CC2)c1cccc(C(F)(F)F)c1.O=C(Nc1ncc2c(n1)-c1ccccc1CC2)c1ccccc1.O=C(Nc1ncc2c(n1)-c1ccccc1CC2)c1cccs1. The molecule has 6 heterocycles. The van der Waals surface area contributed by atoms with Crippen molar-refractivity contribution >= 4 is 70.6 Å². The number of nitrogens with zero attached hydrogens (tertiary/aromatic N) is 10. The Hall–Kier alpha value is -14.2. The van der Waals surface area contributed by atoms with Crippen molar-refractivity contribution in [3.05, 3.63) is 331 Å². The summed E-state index contributed by atoms with van der Waals surface area (Å²) in [5.41, 5.74) is 22.0. The largest absolute Gasteiger partial charge is 0.497 e. The van der Waals surface area contributed by atoms with Crippen LogP contribution in [0, 0.1) is 5.92 Å². The number of carbonyl (C=O) groups excluding carboxylic acids is 5. The van der Waals surface area contributed by atoms with Gasteiger partial charge in [0, 0.05) is 81.4 Å². The Labute approximate surface area is 674 Å². The fraction of sp³-hybridized carbons (Fsp3) is 0.163. The van der Waals surface area contributed by atoms with Gasteiger partial charge in [-0.25, -0.2) is 49.8 Å². The lowest BCUT2D eigenvalue weighted by molar-refractivity contribution is -0.137. The molecule has 25 heteroatoms. The number of alkyl halides is 3. The quantitative estimate of drug-likeness (QED) is 0.0804. The number of halogens is 3. The highest BCUT2D eigenvalue weighted by Crippen LogP contribution is 2.39. The van der Waals surface area contributed by atoms with E-state index < -0.39 is 17.6 Å². The number of thiophene rings is 1. The zero-order valence-electron chi connectivity index (χ0n) is 63.2. The average molecular weight is 1570 g/mol. The highest BCUT2D eigenvalue weighted by molar-refractivity contribution is 7.12. The number of carbonyl (C=O) groups is 5. The number of aryl methyl sites for hydroxylation is 10. The molecule has 117 heavy (non-hydrogen) atoms. The van der Waals surface area contributed by atoms with Gasteiger partial charge in [-0.2, -0.15) is 13.2 Å². The molecule has 6 aromatic heterocycles.